The summed E-state index contributed by atoms with van der Waals surface area (Å²) >= 11 is 5.88. The van der Waals surface area contributed by atoms with Crippen LogP contribution < -0.4 is 16.0 Å². The Balaban J connectivity index is 2.30. The van der Waals surface area contributed by atoms with Crippen molar-refractivity contribution < 1.29 is 9.13 Å². The molecule has 0 bridgehead atoms. The van der Waals surface area contributed by atoms with E-state index in [0.29, 0.717) is 4.57 Å². The summed E-state index contributed by atoms with van der Waals surface area (Å²) in [5, 5.41) is 4.01. The molecule has 0 saturated carbocycles. The lowest BCUT2D eigenvalue weighted by Crippen LogP contribution is -2.34. The average Bonchev–Trinajstić information content (AvgIpc) is 2.89. The number of H-pyrrole nitrogens is 1. The highest BCUT2D eigenvalue weighted by atomic mass is 35.5. The van der Waals surface area contributed by atoms with Gasteiger partial charge in [0.15, 0.2) is 0 Å². The second-order valence-electron chi connectivity index (χ2n) is 4.83. The molecule has 122 valence electrons. The summed E-state index contributed by atoms with van der Waals surface area (Å²) in [6.07, 6.45) is 6.39. The van der Waals surface area contributed by atoms with Gasteiger partial charge in [-0.25, -0.2) is 13.8 Å². The van der Waals surface area contributed by atoms with Gasteiger partial charge >= 0.3 is 5.69 Å². The Hall–Kier alpha value is -3.05. The Bertz CT molecular complexity index is 1110. The number of hydrogen-bond donors (Lipinski definition) is 1. The smallest absolute Gasteiger partial charge is 0.334 e. The Morgan fingerprint density at radius 2 is 2.21 bits per heavy atom. The van der Waals surface area contributed by atoms with Gasteiger partial charge in [0.05, 0.1) is 16.9 Å². The molecule has 3 rings (SSSR count). The van der Waals surface area contributed by atoms with Crippen molar-refractivity contribution in [2.24, 2.45) is 7.05 Å². The Morgan fingerprint density at radius 3 is 2.92 bits per heavy atom. The molecule has 0 spiro atoms. The van der Waals surface area contributed by atoms with Gasteiger partial charge in [0, 0.05) is 13.1 Å². The van der Waals surface area contributed by atoms with E-state index in [1.807, 2.05) is 0 Å². The first kappa shape index (κ1) is 15.8. The summed E-state index contributed by atoms with van der Waals surface area (Å²) in [5.74, 6) is 1.45. The van der Waals surface area contributed by atoms with Gasteiger partial charge in [0.2, 0.25) is 0 Å². The zero-order valence-electron chi connectivity index (χ0n) is 12.3. The van der Waals surface area contributed by atoms with Crippen molar-refractivity contribution in [2.45, 2.75) is 0 Å². The van der Waals surface area contributed by atoms with E-state index in [9.17, 15) is 14.0 Å². The van der Waals surface area contributed by atoms with Gasteiger partial charge in [0.25, 0.3) is 5.56 Å². The molecule has 9 heteroatoms. The van der Waals surface area contributed by atoms with Crippen molar-refractivity contribution in [3.05, 3.63) is 50.0 Å². The van der Waals surface area contributed by atoms with Crippen LogP contribution in [0.1, 0.15) is 0 Å². The quantitative estimate of drug-likeness (QED) is 0.721. The maximum absolute atomic E-state index is 14.3. The van der Waals surface area contributed by atoms with Crippen LogP contribution in [0.2, 0.25) is 5.02 Å². The van der Waals surface area contributed by atoms with Crippen LogP contribution in [0.5, 0.6) is 5.75 Å². The van der Waals surface area contributed by atoms with E-state index >= 15 is 0 Å². The van der Waals surface area contributed by atoms with E-state index in [-0.39, 0.29) is 34.1 Å². The molecule has 0 radical (unpaired) electrons. The number of terminal acetylenes is 1. The van der Waals surface area contributed by atoms with Crippen molar-refractivity contribution in [3.63, 3.8) is 0 Å². The van der Waals surface area contributed by atoms with Crippen molar-refractivity contribution in [1.29, 1.82) is 0 Å². The van der Waals surface area contributed by atoms with Crippen LogP contribution in [-0.2, 0) is 7.05 Å². The number of hydrogen-bond acceptors (Lipinski definition) is 4. The molecule has 7 nitrogen and oxygen atoms in total. The molecule has 3 aromatic rings. The number of aryl methyl sites for hydroxylation is 1. The number of aromatic amines is 1. The van der Waals surface area contributed by atoms with Crippen LogP contribution in [0.4, 0.5) is 4.39 Å². The van der Waals surface area contributed by atoms with Gasteiger partial charge < -0.3 is 4.74 Å². The van der Waals surface area contributed by atoms with E-state index in [4.69, 9.17) is 22.8 Å². The number of fused-ring (bicyclic) bond motifs is 1. The average molecular weight is 349 g/mol. The van der Waals surface area contributed by atoms with Crippen LogP contribution >= 0.6 is 11.6 Å². The molecule has 2 heterocycles. The van der Waals surface area contributed by atoms with Gasteiger partial charge in [-0.1, -0.05) is 17.5 Å². The topological polar surface area (TPSA) is 81.9 Å². The van der Waals surface area contributed by atoms with Gasteiger partial charge in [-0.2, -0.15) is 5.10 Å². The molecule has 2 aromatic heterocycles. The summed E-state index contributed by atoms with van der Waals surface area (Å²) in [6, 6.07) is 2.09. The first-order chi connectivity index (χ1) is 11.4. The SMILES string of the molecule is C#CCOc1cc(-n2c(=O)[nH]c3c(cnn3C)c2=O)c(F)cc1Cl. The van der Waals surface area contributed by atoms with Crippen LogP contribution in [0.25, 0.3) is 16.7 Å². The third-order valence-corrected chi connectivity index (χ3v) is 3.65. The lowest BCUT2D eigenvalue weighted by atomic mass is 10.2. The summed E-state index contributed by atoms with van der Waals surface area (Å²) in [4.78, 5) is 27.3. The molecule has 1 aromatic carbocycles. The molecule has 0 aliphatic rings. The first-order valence-corrected chi connectivity index (χ1v) is 7.04. The zero-order chi connectivity index (χ0) is 17.4. The second-order valence-corrected chi connectivity index (χ2v) is 5.24. The zero-order valence-corrected chi connectivity index (χ0v) is 13.1. The van der Waals surface area contributed by atoms with Gasteiger partial charge in [-0.3, -0.25) is 14.5 Å². The van der Waals surface area contributed by atoms with Gasteiger partial charge in [-0.05, 0) is 6.07 Å². The third kappa shape index (κ3) is 2.45. The molecule has 0 saturated heterocycles. The highest BCUT2D eigenvalue weighted by Crippen LogP contribution is 2.29. The Kier molecular flexibility index (Phi) is 3.87. The molecular formula is C15H10ClFN4O3. The number of benzene rings is 1. The Labute approximate surface area is 139 Å². The molecule has 24 heavy (non-hydrogen) atoms. The number of ether oxygens (including phenoxy) is 1. The minimum absolute atomic E-state index is 0.0292. The molecule has 0 aliphatic heterocycles. The number of nitrogens with one attached hydrogen (secondary N) is 1. The minimum atomic E-state index is -0.858. The minimum Gasteiger partial charge on any atom is -0.479 e. The lowest BCUT2D eigenvalue weighted by Gasteiger charge is -2.10. The molecule has 0 fully saturated rings. The monoisotopic (exact) mass is 348 g/mol. The van der Waals surface area contributed by atoms with Crippen molar-refractivity contribution >= 4 is 22.6 Å². The van der Waals surface area contributed by atoms with Crippen molar-refractivity contribution in [3.8, 4) is 23.8 Å². The molecule has 0 aliphatic carbocycles. The summed E-state index contributed by atoms with van der Waals surface area (Å²) in [7, 11) is 1.57. The predicted octanol–water partition coefficient (Wildman–Crippen LogP) is 1.22. The lowest BCUT2D eigenvalue weighted by molar-refractivity contribution is 0.369. The maximum Gasteiger partial charge on any atom is 0.334 e. The predicted molar refractivity (Wildman–Crippen MR) is 86.2 cm³/mol. The van der Waals surface area contributed by atoms with E-state index in [1.165, 1.54) is 10.9 Å². The van der Waals surface area contributed by atoms with Crippen molar-refractivity contribution in [2.75, 3.05) is 6.61 Å². The number of rotatable bonds is 3. The fourth-order valence-electron chi connectivity index (χ4n) is 2.25. The standard InChI is InChI=1S/C15H10ClFN4O3/c1-3-4-24-12-6-11(10(17)5-9(12)16)21-14(22)8-7-18-20(2)13(8)19-15(21)23/h1,5-7H,4H2,2H3,(H,19,23). The fraction of sp³-hybridized carbons (Fsp3) is 0.133. The number of nitrogens with zero attached hydrogens (tertiary/aromatic N) is 3. The highest BCUT2D eigenvalue weighted by Gasteiger charge is 2.18. The van der Waals surface area contributed by atoms with Crippen LogP contribution in [0.15, 0.2) is 27.9 Å². The van der Waals surface area contributed by atoms with Crippen LogP contribution in [0, 0.1) is 18.2 Å². The van der Waals surface area contributed by atoms with Crippen LogP contribution in [-0.4, -0.2) is 25.9 Å². The van der Waals surface area contributed by atoms with E-state index in [2.05, 4.69) is 16.0 Å². The van der Waals surface area contributed by atoms with E-state index in [0.717, 1.165) is 12.1 Å². The second kappa shape index (κ2) is 5.86. The van der Waals surface area contributed by atoms with Gasteiger partial charge in [-0.15, -0.1) is 6.42 Å². The number of halogens is 2. The fourth-order valence-corrected chi connectivity index (χ4v) is 2.46. The third-order valence-electron chi connectivity index (χ3n) is 3.35. The van der Waals surface area contributed by atoms with E-state index < -0.39 is 17.1 Å². The van der Waals surface area contributed by atoms with Crippen LogP contribution in [0.3, 0.4) is 0 Å². The van der Waals surface area contributed by atoms with Gasteiger partial charge in [0.1, 0.15) is 29.2 Å². The maximum atomic E-state index is 14.3. The molecule has 1 N–H and O–H groups in total. The largest absolute Gasteiger partial charge is 0.479 e. The first-order valence-electron chi connectivity index (χ1n) is 6.66. The van der Waals surface area contributed by atoms with E-state index in [1.54, 1.807) is 7.05 Å². The number of aromatic nitrogens is 4. The summed E-state index contributed by atoms with van der Waals surface area (Å²) in [5.41, 5.74) is -1.60. The molecule has 0 amide bonds. The summed E-state index contributed by atoms with van der Waals surface area (Å²) in [6.45, 7) is -0.0995. The molecule has 0 atom stereocenters. The molecular weight excluding hydrogens is 339 g/mol. The molecule has 0 unspecified atom stereocenters. The van der Waals surface area contributed by atoms with Crippen molar-refractivity contribution in [1.82, 2.24) is 19.3 Å². The Morgan fingerprint density at radius 1 is 1.46 bits per heavy atom. The highest BCUT2D eigenvalue weighted by molar-refractivity contribution is 6.32. The summed E-state index contributed by atoms with van der Waals surface area (Å²) < 4.78 is 21.5. The normalized spacial score (nSPS) is 10.8.